The maximum atomic E-state index is 5.96. The first-order chi connectivity index (χ1) is 14.2. The molecule has 4 aromatic rings. The molecule has 0 atom stereocenters. The van der Waals surface area contributed by atoms with E-state index in [9.17, 15) is 0 Å². The molecule has 0 aliphatic heterocycles. The van der Waals surface area contributed by atoms with Crippen molar-refractivity contribution in [2.75, 3.05) is 16.0 Å². The van der Waals surface area contributed by atoms with Gasteiger partial charge in [-0.25, -0.2) is 0 Å². The average Bonchev–Trinajstić information content (AvgIpc) is 3.13. The van der Waals surface area contributed by atoms with Crippen LogP contribution < -0.4 is 16.0 Å². The van der Waals surface area contributed by atoms with Crippen molar-refractivity contribution in [1.29, 1.82) is 0 Å². The number of hydrogen-bond donors (Lipinski definition) is 3. The Morgan fingerprint density at radius 3 is 1.97 bits per heavy atom. The molecule has 1 heterocycles. The van der Waals surface area contributed by atoms with Crippen molar-refractivity contribution < 1.29 is 0 Å². The molecular formula is C22H18ClN5S. The number of rotatable bonds is 5. The maximum Gasteiger partial charge on any atom is 0.200 e. The second-order valence-corrected chi connectivity index (χ2v) is 7.07. The summed E-state index contributed by atoms with van der Waals surface area (Å²) in [6.45, 7) is 0. The molecule has 1 aromatic heterocycles. The summed E-state index contributed by atoms with van der Waals surface area (Å²) in [6.07, 6.45) is 0. The Hall–Kier alpha value is -3.35. The first-order valence-corrected chi connectivity index (χ1v) is 9.77. The number of thiocarbonyl (C=S) groups is 1. The van der Waals surface area contributed by atoms with Crippen LogP contribution in [0.15, 0.2) is 91.0 Å². The zero-order valence-electron chi connectivity index (χ0n) is 15.3. The van der Waals surface area contributed by atoms with Crippen molar-refractivity contribution in [3.05, 3.63) is 96.0 Å². The van der Waals surface area contributed by atoms with E-state index < -0.39 is 0 Å². The lowest BCUT2D eigenvalue weighted by atomic mass is 10.3. The molecule has 0 aliphatic rings. The highest BCUT2D eigenvalue weighted by molar-refractivity contribution is 7.80. The van der Waals surface area contributed by atoms with Gasteiger partial charge in [-0.2, -0.15) is 4.68 Å². The molecule has 0 radical (unpaired) electrons. The van der Waals surface area contributed by atoms with Crippen molar-refractivity contribution in [3.63, 3.8) is 0 Å². The summed E-state index contributed by atoms with van der Waals surface area (Å²) < 4.78 is 1.65. The van der Waals surface area contributed by atoms with Crippen LogP contribution in [0.1, 0.15) is 0 Å². The molecule has 0 spiro atoms. The minimum Gasteiger partial charge on any atom is -0.340 e. The molecule has 7 heteroatoms. The molecule has 5 nitrogen and oxygen atoms in total. The van der Waals surface area contributed by atoms with Gasteiger partial charge in [0.1, 0.15) is 5.82 Å². The summed E-state index contributed by atoms with van der Waals surface area (Å²) in [6, 6.07) is 29.0. The van der Waals surface area contributed by atoms with E-state index in [-0.39, 0.29) is 0 Å². The number of nitrogens with one attached hydrogen (secondary N) is 3. The van der Waals surface area contributed by atoms with Crippen molar-refractivity contribution in [1.82, 2.24) is 9.78 Å². The normalized spacial score (nSPS) is 10.4. The third-order valence-corrected chi connectivity index (χ3v) is 4.62. The summed E-state index contributed by atoms with van der Waals surface area (Å²) >= 11 is 11.6. The monoisotopic (exact) mass is 419 g/mol. The predicted octanol–water partition coefficient (Wildman–Crippen LogP) is 6.27. The maximum absolute atomic E-state index is 5.96. The minimum absolute atomic E-state index is 0.437. The fraction of sp³-hybridized carbons (Fsp3) is 0. The van der Waals surface area contributed by atoms with Gasteiger partial charge in [-0.15, -0.1) is 5.10 Å². The number of anilines is 5. The van der Waals surface area contributed by atoms with E-state index in [1.54, 1.807) is 16.8 Å². The molecule has 0 saturated carbocycles. The largest absolute Gasteiger partial charge is 0.340 e. The highest BCUT2D eigenvalue weighted by atomic mass is 35.5. The van der Waals surface area contributed by atoms with Crippen LogP contribution >= 0.6 is 23.8 Å². The van der Waals surface area contributed by atoms with E-state index in [1.165, 1.54) is 0 Å². The topological polar surface area (TPSA) is 53.9 Å². The van der Waals surface area contributed by atoms with Crippen LogP contribution in [-0.2, 0) is 0 Å². The van der Waals surface area contributed by atoms with Crippen LogP contribution in [-0.4, -0.2) is 14.9 Å². The molecule has 3 N–H and O–H groups in total. The molecule has 29 heavy (non-hydrogen) atoms. The average molecular weight is 420 g/mol. The smallest absolute Gasteiger partial charge is 0.200 e. The van der Waals surface area contributed by atoms with E-state index in [4.69, 9.17) is 23.8 Å². The number of nitrogens with zero attached hydrogens (tertiary/aromatic N) is 2. The highest BCUT2D eigenvalue weighted by Gasteiger charge is 2.13. The van der Waals surface area contributed by atoms with Crippen molar-refractivity contribution in [2.24, 2.45) is 0 Å². The second-order valence-electron chi connectivity index (χ2n) is 6.25. The fourth-order valence-corrected chi connectivity index (χ4v) is 3.12. The number of hydrogen-bond acceptors (Lipinski definition) is 4. The van der Waals surface area contributed by atoms with Crippen molar-refractivity contribution in [3.8, 4) is 0 Å². The van der Waals surface area contributed by atoms with E-state index in [1.807, 2.05) is 78.9 Å². The Morgan fingerprint density at radius 1 is 0.759 bits per heavy atom. The third kappa shape index (κ3) is 4.93. The second kappa shape index (κ2) is 8.77. The van der Waals surface area contributed by atoms with E-state index in [0.717, 1.165) is 22.9 Å². The van der Waals surface area contributed by atoms with Gasteiger partial charge in [0.25, 0.3) is 0 Å². The van der Waals surface area contributed by atoms with Gasteiger partial charge in [0, 0.05) is 28.2 Å². The molecule has 0 fully saturated rings. The van der Waals surface area contributed by atoms with Crippen LogP contribution in [0.25, 0.3) is 0 Å². The number of para-hydroxylation sites is 2. The van der Waals surface area contributed by atoms with Gasteiger partial charge in [-0.05, 0) is 60.7 Å². The Bertz CT molecular complexity index is 1100. The zero-order chi connectivity index (χ0) is 20.1. The first-order valence-electron chi connectivity index (χ1n) is 8.98. The first kappa shape index (κ1) is 19.0. The quantitative estimate of drug-likeness (QED) is 0.333. The van der Waals surface area contributed by atoms with Crippen LogP contribution in [0.3, 0.4) is 0 Å². The summed E-state index contributed by atoms with van der Waals surface area (Å²) in [5, 5.41) is 15.6. The Labute approximate surface area is 179 Å². The Kier molecular flexibility index (Phi) is 5.74. The van der Waals surface area contributed by atoms with Crippen molar-refractivity contribution >= 4 is 57.6 Å². The van der Waals surface area contributed by atoms with E-state index in [2.05, 4.69) is 21.0 Å². The molecule has 0 unspecified atom stereocenters. The van der Waals surface area contributed by atoms with E-state index in [0.29, 0.717) is 16.0 Å². The lowest BCUT2D eigenvalue weighted by molar-refractivity contribution is 0.957. The lowest BCUT2D eigenvalue weighted by Crippen LogP contribution is -2.21. The van der Waals surface area contributed by atoms with Gasteiger partial charge in [-0.3, -0.25) is 0 Å². The predicted molar refractivity (Wildman–Crippen MR) is 125 cm³/mol. The molecule has 0 amide bonds. The number of benzene rings is 3. The van der Waals surface area contributed by atoms with Gasteiger partial charge < -0.3 is 16.0 Å². The Morgan fingerprint density at radius 2 is 1.34 bits per heavy atom. The number of halogens is 1. The summed E-state index contributed by atoms with van der Waals surface area (Å²) in [7, 11) is 0. The van der Waals surface area contributed by atoms with Gasteiger partial charge in [0.15, 0.2) is 10.9 Å². The summed E-state index contributed by atoms with van der Waals surface area (Å²) in [4.78, 5) is 0. The third-order valence-electron chi connectivity index (χ3n) is 4.09. The Balaban J connectivity index is 1.62. The van der Waals surface area contributed by atoms with Crippen LogP contribution in [0, 0.1) is 0 Å². The number of aromatic nitrogens is 2. The van der Waals surface area contributed by atoms with Crippen LogP contribution in [0.4, 0.5) is 28.7 Å². The fourth-order valence-electron chi connectivity index (χ4n) is 2.73. The zero-order valence-corrected chi connectivity index (χ0v) is 16.9. The van der Waals surface area contributed by atoms with Crippen molar-refractivity contribution in [2.45, 2.75) is 0 Å². The molecule has 0 bridgehead atoms. The molecule has 3 aromatic carbocycles. The molecule has 144 valence electrons. The van der Waals surface area contributed by atoms with Crippen LogP contribution in [0.5, 0.6) is 0 Å². The molecule has 0 aliphatic carbocycles. The summed E-state index contributed by atoms with van der Waals surface area (Å²) in [5.41, 5.74) is 2.72. The molecule has 0 saturated heterocycles. The van der Waals surface area contributed by atoms with Gasteiger partial charge in [0.05, 0.1) is 0 Å². The van der Waals surface area contributed by atoms with Gasteiger partial charge in [-0.1, -0.05) is 48.0 Å². The molecular weight excluding hydrogens is 402 g/mol. The van der Waals surface area contributed by atoms with Gasteiger partial charge >= 0.3 is 0 Å². The molecule has 4 rings (SSSR count). The SMILES string of the molecule is S=C(Nc1ccc(Cl)cc1)n1nc(Nc2ccccc2)cc1Nc1ccccc1. The lowest BCUT2D eigenvalue weighted by Gasteiger charge is -2.12. The van der Waals surface area contributed by atoms with Gasteiger partial charge in [0.2, 0.25) is 0 Å². The summed E-state index contributed by atoms with van der Waals surface area (Å²) in [5.74, 6) is 1.41. The van der Waals surface area contributed by atoms with Crippen LogP contribution in [0.2, 0.25) is 5.02 Å². The highest BCUT2D eigenvalue weighted by Crippen LogP contribution is 2.23. The standard InChI is InChI=1S/C22H18ClN5S/c23-16-11-13-19(14-12-16)26-22(29)28-21(25-18-9-5-2-6-10-18)15-20(27-28)24-17-7-3-1-4-8-17/h1-15,25H,(H,24,27)(H,26,29). The van der Waals surface area contributed by atoms with E-state index >= 15 is 0 Å². The minimum atomic E-state index is 0.437.